The summed E-state index contributed by atoms with van der Waals surface area (Å²) in [6.45, 7) is 0. The Hall–Kier alpha value is -1.04. The van der Waals surface area contributed by atoms with Gasteiger partial charge in [-0.05, 0) is 37.0 Å². The van der Waals surface area contributed by atoms with E-state index in [1.807, 2.05) is 0 Å². The average Bonchev–Trinajstić information content (AvgIpc) is 2.44. The largest absolute Gasteiger partial charge is 0.377 e. The molecule has 20 heavy (non-hydrogen) atoms. The number of methoxy groups -OCH3 is 1. The van der Waals surface area contributed by atoms with Crippen LogP contribution in [0.2, 0.25) is 0 Å². The van der Waals surface area contributed by atoms with Crippen LogP contribution in [0, 0.1) is 11.6 Å². The first-order chi connectivity index (χ1) is 9.59. The summed E-state index contributed by atoms with van der Waals surface area (Å²) < 4.78 is 32.3. The molecule has 1 aliphatic rings. The highest BCUT2D eigenvalue weighted by Crippen LogP contribution is 2.35. The fourth-order valence-corrected chi connectivity index (χ4v) is 3.21. The van der Waals surface area contributed by atoms with Gasteiger partial charge in [-0.25, -0.2) is 8.78 Å². The first-order valence-corrected chi connectivity index (χ1v) is 7.06. The minimum Gasteiger partial charge on any atom is -0.377 e. The highest BCUT2D eigenvalue weighted by molar-refractivity contribution is 5.20. The number of hydrazine groups is 1. The molecule has 1 saturated carbocycles. The van der Waals surface area contributed by atoms with E-state index in [-0.39, 0.29) is 11.6 Å². The summed E-state index contributed by atoms with van der Waals surface area (Å²) in [5.41, 5.74) is 3.02. The highest BCUT2D eigenvalue weighted by atomic mass is 19.1. The number of nitrogens with two attached hydrogens (primary N) is 1. The zero-order chi connectivity index (χ0) is 14.6. The molecule has 2 rings (SSSR count). The van der Waals surface area contributed by atoms with Crippen LogP contribution in [0.25, 0.3) is 0 Å². The van der Waals surface area contributed by atoms with Gasteiger partial charge in [0.1, 0.15) is 11.6 Å². The van der Waals surface area contributed by atoms with Crippen molar-refractivity contribution in [1.29, 1.82) is 0 Å². The average molecular weight is 284 g/mol. The molecule has 1 aromatic rings. The minimum absolute atomic E-state index is 0.158. The third-order valence-electron chi connectivity index (χ3n) is 4.30. The molecule has 0 saturated heterocycles. The third kappa shape index (κ3) is 3.34. The number of ether oxygens (including phenoxy) is 1. The summed E-state index contributed by atoms with van der Waals surface area (Å²) in [6.07, 6.45) is 5.63. The van der Waals surface area contributed by atoms with E-state index in [2.05, 4.69) is 5.43 Å². The second-order valence-corrected chi connectivity index (χ2v) is 5.53. The lowest BCUT2D eigenvalue weighted by atomic mass is 9.77. The van der Waals surface area contributed by atoms with Gasteiger partial charge in [0.15, 0.2) is 0 Å². The number of hydrogen-bond acceptors (Lipinski definition) is 3. The second-order valence-electron chi connectivity index (χ2n) is 5.53. The molecule has 0 aromatic heterocycles. The van der Waals surface area contributed by atoms with Crippen molar-refractivity contribution in [3.05, 3.63) is 35.4 Å². The Bertz CT molecular complexity index is 427. The second kappa shape index (κ2) is 6.61. The predicted octanol–water partition coefficient (Wildman–Crippen LogP) is 2.69. The first kappa shape index (κ1) is 15.4. The first-order valence-electron chi connectivity index (χ1n) is 7.06. The van der Waals surface area contributed by atoms with E-state index >= 15 is 0 Å². The Morgan fingerprint density at radius 1 is 1.20 bits per heavy atom. The van der Waals surface area contributed by atoms with Gasteiger partial charge in [0.2, 0.25) is 0 Å². The molecule has 0 spiro atoms. The fraction of sp³-hybridized carbons (Fsp3) is 0.600. The maximum atomic E-state index is 13.3. The van der Waals surface area contributed by atoms with Gasteiger partial charge in [-0.15, -0.1) is 0 Å². The van der Waals surface area contributed by atoms with Gasteiger partial charge in [-0.1, -0.05) is 19.3 Å². The van der Waals surface area contributed by atoms with Gasteiger partial charge in [-0.2, -0.15) is 0 Å². The molecule has 0 bridgehead atoms. The molecule has 1 fully saturated rings. The molecule has 0 aliphatic heterocycles. The minimum atomic E-state index is -0.564. The normalized spacial score (nSPS) is 19.8. The molecule has 5 heteroatoms. The standard InChI is InChI=1S/C15H22F2N2O/c1-20-15(5-3-2-4-6-15)14(19-18)9-11-7-12(16)10-13(17)8-11/h7-8,10,14,19H,2-6,9,18H2,1H3. The van der Waals surface area contributed by atoms with E-state index in [1.165, 1.54) is 18.6 Å². The summed E-state index contributed by atoms with van der Waals surface area (Å²) in [7, 11) is 1.68. The molecule has 0 amide bonds. The number of nitrogens with one attached hydrogen (secondary N) is 1. The maximum absolute atomic E-state index is 13.3. The van der Waals surface area contributed by atoms with Gasteiger partial charge >= 0.3 is 0 Å². The number of halogens is 2. The Morgan fingerprint density at radius 2 is 1.80 bits per heavy atom. The van der Waals surface area contributed by atoms with Crippen LogP contribution in [-0.4, -0.2) is 18.8 Å². The summed E-state index contributed by atoms with van der Waals surface area (Å²) in [6, 6.07) is 3.41. The van der Waals surface area contributed by atoms with Crippen LogP contribution in [0.15, 0.2) is 18.2 Å². The molecular weight excluding hydrogens is 262 g/mol. The Morgan fingerprint density at radius 3 is 2.30 bits per heavy atom. The van der Waals surface area contributed by atoms with E-state index in [4.69, 9.17) is 10.6 Å². The molecule has 1 atom stereocenters. The van der Waals surface area contributed by atoms with Crippen molar-refractivity contribution in [2.75, 3.05) is 7.11 Å². The van der Waals surface area contributed by atoms with Crippen molar-refractivity contribution in [2.24, 2.45) is 5.84 Å². The maximum Gasteiger partial charge on any atom is 0.126 e. The molecule has 112 valence electrons. The summed E-state index contributed by atoms with van der Waals surface area (Å²) in [4.78, 5) is 0. The van der Waals surface area contributed by atoms with E-state index in [0.29, 0.717) is 12.0 Å². The Labute approximate surface area is 118 Å². The summed E-state index contributed by atoms with van der Waals surface area (Å²) in [5.74, 6) is 4.54. The molecule has 1 aromatic carbocycles. The zero-order valence-electron chi connectivity index (χ0n) is 11.8. The molecule has 0 radical (unpaired) electrons. The zero-order valence-corrected chi connectivity index (χ0v) is 11.8. The fourth-order valence-electron chi connectivity index (χ4n) is 3.21. The molecule has 1 aliphatic carbocycles. The molecule has 3 N–H and O–H groups in total. The van der Waals surface area contributed by atoms with Crippen molar-refractivity contribution in [2.45, 2.75) is 50.2 Å². The molecular formula is C15H22F2N2O. The van der Waals surface area contributed by atoms with Crippen LogP contribution in [0.1, 0.15) is 37.7 Å². The SMILES string of the molecule is COC1(C(Cc2cc(F)cc(F)c2)NN)CCCCC1. The van der Waals surface area contributed by atoms with Gasteiger partial charge in [0.05, 0.1) is 11.6 Å². The predicted molar refractivity (Wildman–Crippen MR) is 74.0 cm³/mol. The van der Waals surface area contributed by atoms with Crippen molar-refractivity contribution in [1.82, 2.24) is 5.43 Å². The van der Waals surface area contributed by atoms with E-state index < -0.39 is 11.6 Å². The van der Waals surface area contributed by atoms with Gasteiger partial charge < -0.3 is 4.74 Å². The van der Waals surface area contributed by atoms with E-state index in [9.17, 15) is 8.78 Å². The third-order valence-corrected chi connectivity index (χ3v) is 4.30. The molecule has 3 nitrogen and oxygen atoms in total. The van der Waals surface area contributed by atoms with Crippen LogP contribution in [-0.2, 0) is 11.2 Å². The molecule has 1 unspecified atom stereocenters. The van der Waals surface area contributed by atoms with Crippen molar-refractivity contribution in [3.63, 3.8) is 0 Å². The topological polar surface area (TPSA) is 47.3 Å². The smallest absolute Gasteiger partial charge is 0.126 e. The molecule has 0 heterocycles. The van der Waals surface area contributed by atoms with Crippen LogP contribution < -0.4 is 11.3 Å². The van der Waals surface area contributed by atoms with Gasteiger partial charge in [-0.3, -0.25) is 11.3 Å². The quantitative estimate of drug-likeness (QED) is 0.645. The van der Waals surface area contributed by atoms with Crippen LogP contribution in [0.3, 0.4) is 0 Å². The Kier molecular flexibility index (Phi) is 5.07. The monoisotopic (exact) mass is 284 g/mol. The Balaban J connectivity index is 2.18. The van der Waals surface area contributed by atoms with Crippen molar-refractivity contribution < 1.29 is 13.5 Å². The summed E-state index contributed by atoms with van der Waals surface area (Å²) >= 11 is 0. The van der Waals surface area contributed by atoms with Crippen LogP contribution in [0.5, 0.6) is 0 Å². The van der Waals surface area contributed by atoms with Crippen LogP contribution in [0.4, 0.5) is 8.78 Å². The van der Waals surface area contributed by atoms with Gasteiger partial charge in [0.25, 0.3) is 0 Å². The van der Waals surface area contributed by atoms with E-state index in [1.54, 1.807) is 7.11 Å². The lowest BCUT2D eigenvalue weighted by Crippen LogP contribution is -2.56. The number of benzene rings is 1. The number of hydrogen-bond donors (Lipinski definition) is 2. The van der Waals surface area contributed by atoms with Gasteiger partial charge in [0, 0.05) is 13.2 Å². The van der Waals surface area contributed by atoms with E-state index in [0.717, 1.165) is 31.7 Å². The highest BCUT2D eigenvalue weighted by Gasteiger charge is 2.39. The van der Waals surface area contributed by atoms with Crippen molar-refractivity contribution in [3.8, 4) is 0 Å². The van der Waals surface area contributed by atoms with Crippen LogP contribution >= 0.6 is 0 Å². The number of rotatable bonds is 5. The lowest BCUT2D eigenvalue weighted by Gasteiger charge is -2.42. The summed E-state index contributed by atoms with van der Waals surface area (Å²) in [5, 5.41) is 0. The van der Waals surface area contributed by atoms with Crippen molar-refractivity contribution >= 4 is 0 Å². The lowest BCUT2D eigenvalue weighted by molar-refractivity contribution is -0.0674.